The number of amides is 1. The molecular formula is C35H31N6NaO4. The van der Waals surface area contributed by atoms with E-state index in [2.05, 4.69) is 24.8 Å². The third-order valence-corrected chi connectivity index (χ3v) is 8.12. The summed E-state index contributed by atoms with van der Waals surface area (Å²) in [6.45, 7) is 4.26. The molecule has 0 radical (unpaired) electrons. The topological polar surface area (TPSA) is 136 Å². The zero-order valence-electron chi connectivity index (χ0n) is 25.7. The van der Waals surface area contributed by atoms with E-state index in [-0.39, 0.29) is 46.7 Å². The van der Waals surface area contributed by atoms with Crippen molar-refractivity contribution in [1.82, 2.24) is 19.4 Å². The van der Waals surface area contributed by atoms with Crippen LogP contribution < -0.4 is 34.7 Å². The summed E-state index contributed by atoms with van der Waals surface area (Å²) in [6, 6.07) is 23.0. The Morgan fingerprint density at radius 1 is 0.957 bits per heavy atom. The van der Waals surface area contributed by atoms with Gasteiger partial charge in [0.25, 0.3) is 0 Å². The van der Waals surface area contributed by atoms with Crippen molar-refractivity contribution in [2.45, 2.75) is 26.3 Å². The van der Waals surface area contributed by atoms with E-state index in [1.165, 1.54) is 18.2 Å². The number of carboxylic acid groups (broad SMARTS) is 1. The number of hydrogen-bond donors (Lipinski definition) is 1. The van der Waals surface area contributed by atoms with Crippen LogP contribution in [0.4, 0.5) is 11.4 Å². The van der Waals surface area contributed by atoms with Gasteiger partial charge in [-0.1, -0.05) is 42.5 Å². The number of piperidine rings is 1. The van der Waals surface area contributed by atoms with Gasteiger partial charge in [-0.3, -0.25) is 9.78 Å². The fourth-order valence-corrected chi connectivity index (χ4v) is 5.67. The van der Waals surface area contributed by atoms with Crippen molar-refractivity contribution in [3.8, 4) is 5.75 Å². The second kappa shape index (κ2) is 14.6. The molecule has 0 unspecified atom stereocenters. The number of pyridine rings is 1. The number of aromatic carboxylic acids is 1. The summed E-state index contributed by atoms with van der Waals surface area (Å²) in [4.78, 5) is 35.5. The van der Waals surface area contributed by atoms with Crippen LogP contribution in [0.2, 0.25) is 0 Å². The van der Waals surface area contributed by atoms with Crippen LogP contribution in [-0.4, -0.2) is 49.5 Å². The summed E-state index contributed by atoms with van der Waals surface area (Å²) in [5.74, 6) is -0.489. The predicted molar refractivity (Wildman–Crippen MR) is 168 cm³/mol. The van der Waals surface area contributed by atoms with Crippen LogP contribution in [0.5, 0.6) is 5.75 Å². The number of fused-ring (bicyclic) bond motifs is 1. The van der Waals surface area contributed by atoms with E-state index in [0.717, 1.165) is 52.9 Å². The summed E-state index contributed by atoms with van der Waals surface area (Å²) in [5, 5.41) is 29.2. The molecule has 0 bridgehead atoms. The van der Waals surface area contributed by atoms with Crippen molar-refractivity contribution in [3.05, 3.63) is 120 Å². The number of likely N-dealkylation sites (tertiary alicyclic amines) is 1. The Kier molecular flexibility index (Phi) is 10.4. The smallest absolute Gasteiger partial charge is 0.545 e. The monoisotopic (exact) mass is 622 g/mol. The molecule has 226 valence electrons. The van der Waals surface area contributed by atoms with E-state index in [1.54, 1.807) is 30.6 Å². The average Bonchev–Trinajstić information content (AvgIpc) is 3.38. The Morgan fingerprint density at radius 2 is 1.63 bits per heavy atom. The number of nitrogens with zero attached hydrogens (tertiary/aromatic N) is 6. The predicted octanol–water partition coefficient (Wildman–Crippen LogP) is 2.60. The molecule has 46 heavy (non-hydrogen) atoms. The fourth-order valence-electron chi connectivity index (χ4n) is 5.67. The summed E-state index contributed by atoms with van der Waals surface area (Å²) in [6.07, 6.45) is 7.13. The van der Waals surface area contributed by atoms with Crippen molar-refractivity contribution in [2.75, 3.05) is 13.1 Å². The number of rotatable bonds is 8. The third-order valence-electron chi connectivity index (χ3n) is 8.12. The summed E-state index contributed by atoms with van der Waals surface area (Å²) < 4.78 is 2.26. The zero-order valence-corrected chi connectivity index (χ0v) is 27.7. The number of azo groups is 1. The number of benzene rings is 3. The second-order valence-electron chi connectivity index (χ2n) is 11.1. The van der Waals surface area contributed by atoms with Gasteiger partial charge in [0.2, 0.25) is 5.91 Å². The number of carbonyl (C=O) groups excluding carboxylic acids is 2. The number of carbonyl (C=O) groups is 2. The van der Waals surface area contributed by atoms with Gasteiger partial charge in [-0.2, -0.15) is 10.2 Å². The van der Waals surface area contributed by atoms with Crippen LogP contribution in [0.1, 0.15) is 40.2 Å². The van der Waals surface area contributed by atoms with Gasteiger partial charge in [0, 0.05) is 37.5 Å². The number of hydrogen-bond acceptors (Lipinski definition) is 8. The molecule has 1 aliphatic heterocycles. The van der Waals surface area contributed by atoms with Gasteiger partial charge < -0.3 is 24.5 Å². The van der Waals surface area contributed by atoms with Crippen molar-refractivity contribution in [2.24, 2.45) is 16.1 Å². The number of carboxylic acids is 1. The van der Waals surface area contributed by atoms with Gasteiger partial charge in [-0.15, -0.1) is 0 Å². The molecule has 0 aliphatic carbocycles. The molecule has 1 amide bonds. The van der Waals surface area contributed by atoms with Gasteiger partial charge in [-0.25, -0.2) is 4.98 Å². The quantitative estimate of drug-likeness (QED) is 0.161. The first kappa shape index (κ1) is 32.7. The molecule has 0 atom stereocenters. The van der Waals surface area contributed by atoms with Crippen LogP contribution in [0.15, 0.2) is 108 Å². The van der Waals surface area contributed by atoms with E-state index < -0.39 is 11.7 Å². The van der Waals surface area contributed by atoms with Crippen LogP contribution >= 0.6 is 0 Å². The van der Waals surface area contributed by atoms with E-state index in [0.29, 0.717) is 24.7 Å². The van der Waals surface area contributed by atoms with Crippen molar-refractivity contribution < 1.29 is 49.4 Å². The van der Waals surface area contributed by atoms with E-state index in [9.17, 15) is 19.8 Å². The second-order valence-corrected chi connectivity index (χ2v) is 11.1. The minimum absolute atomic E-state index is 0. The Morgan fingerprint density at radius 3 is 2.35 bits per heavy atom. The molecule has 0 saturated carbocycles. The standard InChI is InChI=1S/C35H32N6O4.Na/c1-23-37-31-21-36-16-13-32(31)41(23)22-24-14-17-40(18-15-24)34(43)20-29(25-5-3-2-4-6-25)26-7-9-27(10-8-26)38-39-28-11-12-33(42)30(19-28)35(44)45;/h2-13,16,19-21,24,42H,14-15,17-18,22H2,1H3,(H,44,45);/q;+1/p-1/b29-20-,39-38?;. The molecule has 1 saturated heterocycles. The average molecular weight is 623 g/mol. The molecule has 3 aromatic carbocycles. The SMILES string of the molecule is Cc1nc2cnccc2n1CC1CCN(C(=O)/C=C(/c2ccccc2)c2ccc(N=Nc3ccc(O)c(C(=O)[O-])c3)cc2)CC1.[Na+]. The van der Waals surface area contributed by atoms with Crippen LogP contribution in [0.25, 0.3) is 16.6 Å². The molecule has 1 fully saturated rings. The molecule has 11 heteroatoms. The number of aromatic nitrogens is 3. The maximum Gasteiger partial charge on any atom is 1.00 e. The Balaban J connectivity index is 0.00000417. The fraction of sp³-hybridized carbons (Fsp3) is 0.200. The van der Waals surface area contributed by atoms with Gasteiger partial charge in [0.05, 0.1) is 29.1 Å². The largest absolute Gasteiger partial charge is 1.00 e. The summed E-state index contributed by atoms with van der Waals surface area (Å²) in [5.41, 5.74) is 5.03. The molecule has 6 rings (SSSR count). The van der Waals surface area contributed by atoms with Crippen LogP contribution in [0.3, 0.4) is 0 Å². The first-order valence-electron chi connectivity index (χ1n) is 14.7. The van der Waals surface area contributed by atoms with Gasteiger partial charge in [-0.05, 0) is 78.8 Å². The maximum absolute atomic E-state index is 13.6. The summed E-state index contributed by atoms with van der Waals surface area (Å²) >= 11 is 0. The molecular weight excluding hydrogens is 591 g/mol. The minimum Gasteiger partial charge on any atom is -0.545 e. The van der Waals surface area contributed by atoms with Crippen molar-refractivity contribution in [3.63, 3.8) is 0 Å². The maximum atomic E-state index is 13.6. The Hall–Kier alpha value is -4.64. The first-order chi connectivity index (χ1) is 21.9. The van der Waals surface area contributed by atoms with Crippen molar-refractivity contribution in [1.29, 1.82) is 0 Å². The molecule has 5 aromatic rings. The van der Waals surface area contributed by atoms with Gasteiger partial charge in [0.1, 0.15) is 17.1 Å². The number of aryl methyl sites for hydroxylation is 1. The molecule has 1 aliphatic rings. The molecule has 1 N–H and O–H groups in total. The molecule has 0 spiro atoms. The first-order valence-corrected chi connectivity index (χ1v) is 14.7. The van der Waals surface area contributed by atoms with E-state index >= 15 is 0 Å². The van der Waals surface area contributed by atoms with Crippen molar-refractivity contribution >= 4 is 39.9 Å². The Labute approximate surface area is 288 Å². The summed E-state index contributed by atoms with van der Waals surface area (Å²) in [7, 11) is 0. The Bertz CT molecular complexity index is 1910. The normalized spacial score (nSPS) is 14.0. The molecule has 2 aromatic heterocycles. The van der Waals surface area contributed by atoms with Gasteiger partial charge in [0.15, 0.2) is 0 Å². The number of aromatic hydroxyl groups is 1. The van der Waals surface area contributed by atoms with Gasteiger partial charge >= 0.3 is 29.6 Å². The third kappa shape index (κ3) is 7.42. The van der Waals surface area contributed by atoms with E-state index in [4.69, 9.17) is 0 Å². The zero-order chi connectivity index (χ0) is 31.3. The van der Waals surface area contributed by atoms with Crippen LogP contribution in [0, 0.1) is 12.8 Å². The van der Waals surface area contributed by atoms with Crippen LogP contribution in [-0.2, 0) is 11.3 Å². The minimum atomic E-state index is -1.50. The van der Waals surface area contributed by atoms with E-state index in [1.807, 2.05) is 60.4 Å². The number of imidazole rings is 1. The molecule has 3 heterocycles. The molecule has 10 nitrogen and oxygen atoms in total. The number of phenols is 1.